The van der Waals surface area contributed by atoms with E-state index in [0.717, 1.165) is 5.76 Å². The van der Waals surface area contributed by atoms with Crippen molar-refractivity contribution >= 4 is 5.97 Å². The Balaban J connectivity index is 1.98. The van der Waals surface area contributed by atoms with E-state index in [1.54, 1.807) is 12.3 Å². The molecule has 2 heterocycles. The van der Waals surface area contributed by atoms with Crippen LogP contribution >= 0.6 is 0 Å². The van der Waals surface area contributed by atoms with E-state index in [-0.39, 0.29) is 11.8 Å². The molecule has 0 unspecified atom stereocenters. The average Bonchev–Trinajstić information content (AvgIpc) is 2.96. The Morgan fingerprint density at radius 1 is 1.41 bits per heavy atom. The summed E-state index contributed by atoms with van der Waals surface area (Å²) in [5, 5.41) is 12.0. The van der Waals surface area contributed by atoms with Crippen molar-refractivity contribution in [2.75, 3.05) is 0 Å². The standard InChI is InChI=1S/C12H13NO4/c1-8(10-3-2-5-16-10)13-7-9-4-6-17-11(9)12(14)15/h2-6,8,13H,7H2,1H3,(H,14,15)/t8-/m1/s1. The highest BCUT2D eigenvalue weighted by Crippen LogP contribution is 2.15. The zero-order valence-corrected chi connectivity index (χ0v) is 9.34. The quantitative estimate of drug-likeness (QED) is 0.832. The molecule has 0 saturated carbocycles. The molecule has 2 aromatic rings. The lowest BCUT2D eigenvalue weighted by molar-refractivity contribution is 0.0660. The Bertz CT molecular complexity index is 486. The van der Waals surface area contributed by atoms with E-state index in [4.69, 9.17) is 13.9 Å². The number of rotatable bonds is 5. The number of hydrogen-bond acceptors (Lipinski definition) is 4. The van der Waals surface area contributed by atoms with E-state index in [1.807, 2.05) is 19.1 Å². The molecule has 0 aromatic carbocycles. The second-order valence-electron chi connectivity index (χ2n) is 3.70. The molecule has 2 N–H and O–H groups in total. The molecule has 5 nitrogen and oxygen atoms in total. The van der Waals surface area contributed by atoms with Crippen molar-refractivity contribution in [3.05, 3.63) is 47.8 Å². The van der Waals surface area contributed by atoms with Gasteiger partial charge in [-0.1, -0.05) is 0 Å². The summed E-state index contributed by atoms with van der Waals surface area (Å²) in [6.45, 7) is 2.36. The van der Waals surface area contributed by atoms with Crippen LogP contribution in [0.2, 0.25) is 0 Å². The predicted molar refractivity (Wildman–Crippen MR) is 59.6 cm³/mol. The third-order valence-electron chi connectivity index (χ3n) is 2.51. The molecule has 0 aliphatic heterocycles. The van der Waals surface area contributed by atoms with Crippen molar-refractivity contribution in [2.45, 2.75) is 19.5 Å². The normalized spacial score (nSPS) is 12.5. The van der Waals surface area contributed by atoms with Gasteiger partial charge in [-0.25, -0.2) is 4.79 Å². The monoisotopic (exact) mass is 235 g/mol. The van der Waals surface area contributed by atoms with Crippen LogP contribution in [0.3, 0.4) is 0 Å². The first kappa shape index (κ1) is 11.5. The van der Waals surface area contributed by atoms with Gasteiger partial charge in [0.25, 0.3) is 0 Å². The van der Waals surface area contributed by atoms with Gasteiger partial charge in [0.15, 0.2) is 0 Å². The Morgan fingerprint density at radius 3 is 2.88 bits per heavy atom. The SMILES string of the molecule is C[C@@H](NCc1ccoc1C(=O)O)c1ccco1. The lowest BCUT2D eigenvalue weighted by atomic mass is 10.2. The van der Waals surface area contributed by atoms with Crippen LogP contribution in [0.5, 0.6) is 0 Å². The van der Waals surface area contributed by atoms with Crippen molar-refractivity contribution in [1.29, 1.82) is 0 Å². The topological polar surface area (TPSA) is 75.6 Å². The number of furan rings is 2. The second kappa shape index (κ2) is 4.88. The molecule has 0 spiro atoms. The van der Waals surface area contributed by atoms with E-state index >= 15 is 0 Å². The van der Waals surface area contributed by atoms with Crippen molar-refractivity contribution in [3.63, 3.8) is 0 Å². The molecule has 2 rings (SSSR count). The molecule has 0 aliphatic carbocycles. The van der Waals surface area contributed by atoms with Crippen LogP contribution in [-0.4, -0.2) is 11.1 Å². The van der Waals surface area contributed by atoms with E-state index in [2.05, 4.69) is 5.32 Å². The number of carboxylic acid groups (broad SMARTS) is 1. The van der Waals surface area contributed by atoms with Gasteiger partial charge in [0.1, 0.15) is 5.76 Å². The fourth-order valence-electron chi connectivity index (χ4n) is 1.56. The Morgan fingerprint density at radius 2 is 2.24 bits per heavy atom. The highest BCUT2D eigenvalue weighted by molar-refractivity contribution is 5.86. The Hall–Kier alpha value is -2.01. The van der Waals surface area contributed by atoms with E-state index in [1.165, 1.54) is 6.26 Å². The number of carboxylic acids is 1. The maximum atomic E-state index is 10.8. The minimum Gasteiger partial charge on any atom is -0.475 e. The molecule has 0 aliphatic rings. The summed E-state index contributed by atoms with van der Waals surface area (Å²) in [6.07, 6.45) is 2.98. The number of nitrogens with one attached hydrogen (secondary N) is 1. The first-order chi connectivity index (χ1) is 8.18. The molecule has 0 amide bonds. The molecule has 0 bridgehead atoms. The maximum Gasteiger partial charge on any atom is 0.372 e. The summed E-state index contributed by atoms with van der Waals surface area (Å²) in [4.78, 5) is 10.8. The summed E-state index contributed by atoms with van der Waals surface area (Å²) in [5.41, 5.74) is 0.621. The van der Waals surface area contributed by atoms with Crippen LogP contribution < -0.4 is 5.32 Å². The molecular weight excluding hydrogens is 222 g/mol. The van der Waals surface area contributed by atoms with Crippen molar-refractivity contribution < 1.29 is 18.7 Å². The predicted octanol–water partition coefficient (Wildman–Crippen LogP) is 2.42. The molecule has 0 fully saturated rings. The number of carbonyl (C=O) groups is 1. The third kappa shape index (κ3) is 2.57. The van der Waals surface area contributed by atoms with Crippen LogP contribution in [0.15, 0.2) is 39.6 Å². The second-order valence-corrected chi connectivity index (χ2v) is 3.70. The molecule has 1 atom stereocenters. The van der Waals surface area contributed by atoms with Gasteiger partial charge in [-0.15, -0.1) is 0 Å². The van der Waals surface area contributed by atoms with Crippen LogP contribution in [-0.2, 0) is 6.54 Å². The van der Waals surface area contributed by atoms with Gasteiger partial charge in [0.05, 0.1) is 18.6 Å². The van der Waals surface area contributed by atoms with E-state index < -0.39 is 5.97 Å². The first-order valence-corrected chi connectivity index (χ1v) is 5.25. The highest BCUT2D eigenvalue weighted by Gasteiger charge is 2.15. The fourth-order valence-corrected chi connectivity index (χ4v) is 1.56. The lowest BCUT2D eigenvalue weighted by Gasteiger charge is -2.10. The maximum absolute atomic E-state index is 10.8. The third-order valence-corrected chi connectivity index (χ3v) is 2.51. The summed E-state index contributed by atoms with van der Waals surface area (Å²) in [7, 11) is 0. The average molecular weight is 235 g/mol. The number of aromatic carboxylic acids is 1. The summed E-state index contributed by atoms with van der Waals surface area (Å²) >= 11 is 0. The minimum absolute atomic E-state index is 0.0153. The van der Waals surface area contributed by atoms with Gasteiger partial charge >= 0.3 is 5.97 Å². The van der Waals surface area contributed by atoms with E-state index in [9.17, 15) is 4.79 Å². The highest BCUT2D eigenvalue weighted by atomic mass is 16.4. The molecule has 5 heteroatoms. The smallest absolute Gasteiger partial charge is 0.372 e. The molecule has 2 aromatic heterocycles. The molecule has 0 radical (unpaired) electrons. The summed E-state index contributed by atoms with van der Waals surface area (Å²) in [6, 6.07) is 5.34. The Labute approximate surface area is 98.0 Å². The first-order valence-electron chi connectivity index (χ1n) is 5.25. The zero-order valence-electron chi connectivity index (χ0n) is 9.34. The van der Waals surface area contributed by atoms with Crippen molar-refractivity contribution in [1.82, 2.24) is 5.32 Å². The largest absolute Gasteiger partial charge is 0.475 e. The van der Waals surface area contributed by atoms with Gasteiger partial charge < -0.3 is 19.3 Å². The molecule has 17 heavy (non-hydrogen) atoms. The van der Waals surface area contributed by atoms with Crippen LogP contribution in [0.4, 0.5) is 0 Å². The van der Waals surface area contributed by atoms with Gasteiger partial charge in [-0.3, -0.25) is 0 Å². The Kier molecular flexibility index (Phi) is 3.30. The van der Waals surface area contributed by atoms with Crippen LogP contribution in [0.25, 0.3) is 0 Å². The molecule has 0 saturated heterocycles. The summed E-state index contributed by atoms with van der Waals surface area (Å²) < 4.78 is 10.1. The van der Waals surface area contributed by atoms with E-state index in [0.29, 0.717) is 12.1 Å². The molecular formula is C12H13NO4. The fraction of sp³-hybridized carbons (Fsp3) is 0.250. The van der Waals surface area contributed by atoms with Crippen LogP contribution in [0.1, 0.15) is 34.8 Å². The summed E-state index contributed by atoms with van der Waals surface area (Å²) in [5.74, 6) is -0.271. The van der Waals surface area contributed by atoms with Crippen LogP contribution in [0, 0.1) is 0 Å². The number of hydrogen-bond donors (Lipinski definition) is 2. The minimum atomic E-state index is -1.06. The van der Waals surface area contributed by atoms with Crippen molar-refractivity contribution in [3.8, 4) is 0 Å². The zero-order chi connectivity index (χ0) is 12.3. The van der Waals surface area contributed by atoms with Gasteiger partial charge in [0, 0.05) is 12.1 Å². The lowest BCUT2D eigenvalue weighted by Crippen LogP contribution is -2.18. The van der Waals surface area contributed by atoms with Gasteiger partial charge in [0.2, 0.25) is 5.76 Å². The van der Waals surface area contributed by atoms with Gasteiger partial charge in [-0.2, -0.15) is 0 Å². The molecule has 90 valence electrons. The van der Waals surface area contributed by atoms with Crippen molar-refractivity contribution in [2.24, 2.45) is 0 Å². The van der Waals surface area contributed by atoms with Gasteiger partial charge in [-0.05, 0) is 25.1 Å².